The van der Waals surface area contributed by atoms with Crippen LogP contribution >= 0.6 is 0 Å². The number of methoxy groups -OCH3 is 1. The molecule has 100 valence electrons. The lowest BCUT2D eigenvalue weighted by molar-refractivity contribution is -0.177. The van der Waals surface area contributed by atoms with Crippen LogP contribution in [0.3, 0.4) is 0 Å². The van der Waals surface area contributed by atoms with E-state index in [1.165, 1.54) is 12.0 Å². The standard InChI is InChI=1S/C12H15F3N2O/c1-18-11-9(4-2-6-16-11)8-17-7-3-5-10(17)12(13,14)15/h2,4,6,10H,3,5,7-8H2,1H3. The van der Waals surface area contributed by atoms with Crippen molar-refractivity contribution in [3.05, 3.63) is 23.9 Å². The van der Waals surface area contributed by atoms with Crippen molar-refractivity contribution in [2.24, 2.45) is 0 Å². The highest BCUT2D eigenvalue weighted by molar-refractivity contribution is 5.25. The number of rotatable bonds is 3. The summed E-state index contributed by atoms with van der Waals surface area (Å²) in [6.07, 6.45) is -1.85. The van der Waals surface area contributed by atoms with Gasteiger partial charge >= 0.3 is 6.18 Å². The van der Waals surface area contributed by atoms with Crippen LogP contribution in [-0.4, -0.2) is 35.8 Å². The quantitative estimate of drug-likeness (QED) is 0.835. The fraction of sp³-hybridized carbons (Fsp3) is 0.583. The van der Waals surface area contributed by atoms with E-state index in [0.717, 1.165) is 0 Å². The fourth-order valence-corrected chi connectivity index (χ4v) is 2.33. The van der Waals surface area contributed by atoms with Gasteiger partial charge < -0.3 is 4.74 Å². The second-order valence-corrected chi connectivity index (χ2v) is 4.34. The van der Waals surface area contributed by atoms with Gasteiger partial charge in [-0.3, -0.25) is 4.90 Å². The van der Waals surface area contributed by atoms with E-state index in [-0.39, 0.29) is 13.0 Å². The van der Waals surface area contributed by atoms with Crippen LogP contribution in [0.5, 0.6) is 5.88 Å². The Kier molecular flexibility index (Phi) is 3.75. The minimum atomic E-state index is -4.16. The van der Waals surface area contributed by atoms with Crippen molar-refractivity contribution < 1.29 is 17.9 Å². The first-order valence-electron chi connectivity index (χ1n) is 5.81. The summed E-state index contributed by atoms with van der Waals surface area (Å²) in [6.45, 7) is 0.684. The molecule has 1 aliphatic rings. The van der Waals surface area contributed by atoms with E-state index in [1.807, 2.05) is 0 Å². The van der Waals surface area contributed by atoms with Gasteiger partial charge in [0.2, 0.25) is 5.88 Å². The third kappa shape index (κ3) is 2.75. The maximum absolute atomic E-state index is 12.8. The topological polar surface area (TPSA) is 25.4 Å². The van der Waals surface area contributed by atoms with Gasteiger partial charge in [0, 0.05) is 18.3 Å². The molecule has 1 aromatic rings. The van der Waals surface area contributed by atoms with Crippen LogP contribution in [0.4, 0.5) is 13.2 Å². The molecule has 2 rings (SSSR count). The van der Waals surface area contributed by atoms with Crippen LogP contribution in [0, 0.1) is 0 Å². The summed E-state index contributed by atoms with van der Waals surface area (Å²) in [5.74, 6) is 0.394. The third-order valence-electron chi connectivity index (χ3n) is 3.16. The highest BCUT2D eigenvalue weighted by Gasteiger charge is 2.45. The Morgan fingerprint density at radius 1 is 1.50 bits per heavy atom. The summed E-state index contributed by atoms with van der Waals surface area (Å²) < 4.78 is 43.5. The molecule has 0 spiro atoms. The number of halogens is 3. The van der Waals surface area contributed by atoms with E-state index in [1.54, 1.807) is 18.3 Å². The molecule has 1 fully saturated rings. The van der Waals surface area contributed by atoms with Gasteiger partial charge in [-0.25, -0.2) is 4.98 Å². The molecule has 18 heavy (non-hydrogen) atoms. The van der Waals surface area contributed by atoms with Gasteiger partial charge in [0.15, 0.2) is 0 Å². The minimum absolute atomic E-state index is 0.173. The zero-order chi connectivity index (χ0) is 13.2. The predicted octanol–water partition coefficient (Wildman–Crippen LogP) is 2.62. The first-order valence-corrected chi connectivity index (χ1v) is 5.81. The third-order valence-corrected chi connectivity index (χ3v) is 3.16. The van der Waals surface area contributed by atoms with Gasteiger partial charge in [0.25, 0.3) is 0 Å². The van der Waals surface area contributed by atoms with Crippen LogP contribution in [0.2, 0.25) is 0 Å². The number of hydrogen-bond acceptors (Lipinski definition) is 3. The number of pyridine rings is 1. The Labute approximate surface area is 104 Å². The van der Waals surface area contributed by atoms with Crippen LogP contribution in [0.15, 0.2) is 18.3 Å². The maximum Gasteiger partial charge on any atom is 0.404 e. The van der Waals surface area contributed by atoms with Crippen molar-refractivity contribution in [3.8, 4) is 5.88 Å². The minimum Gasteiger partial charge on any atom is -0.481 e. The molecular weight excluding hydrogens is 245 g/mol. The first kappa shape index (κ1) is 13.1. The predicted molar refractivity (Wildman–Crippen MR) is 60.3 cm³/mol. The van der Waals surface area contributed by atoms with Gasteiger partial charge in [-0.1, -0.05) is 6.07 Å². The van der Waals surface area contributed by atoms with E-state index in [2.05, 4.69) is 4.98 Å². The molecule has 0 amide bonds. The zero-order valence-electron chi connectivity index (χ0n) is 10.1. The van der Waals surface area contributed by atoms with Crippen molar-refractivity contribution in [2.45, 2.75) is 31.6 Å². The molecule has 1 saturated heterocycles. The van der Waals surface area contributed by atoms with E-state index in [4.69, 9.17) is 4.74 Å². The summed E-state index contributed by atoms with van der Waals surface area (Å²) in [5, 5.41) is 0. The van der Waals surface area contributed by atoms with Crippen molar-refractivity contribution >= 4 is 0 Å². The van der Waals surface area contributed by atoms with E-state index < -0.39 is 12.2 Å². The molecule has 0 aliphatic carbocycles. The molecule has 3 nitrogen and oxygen atoms in total. The number of nitrogens with zero attached hydrogens (tertiary/aromatic N) is 2. The van der Waals surface area contributed by atoms with Crippen LogP contribution in [0.25, 0.3) is 0 Å². The molecule has 1 unspecified atom stereocenters. The number of ether oxygens (including phenoxy) is 1. The summed E-state index contributed by atoms with van der Waals surface area (Å²) in [7, 11) is 1.47. The molecule has 0 saturated carbocycles. The second-order valence-electron chi connectivity index (χ2n) is 4.34. The maximum atomic E-state index is 12.8. The Balaban J connectivity index is 2.13. The molecular formula is C12H15F3N2O. The van der Waals surface area contributed by atoms with E-state index >= 15 is 0 Å². The average Bonchev–Trinajstić information content (AvgIpc) is 2.78. The van der Waals surface area contributed by atoms with Crippen LogP contribution in [-0.2, 0) is 6.54 Å². The SMILES string of the molecule is COc1ncccc1CN1CCCC1C(F)(F)F. The summed E-state index contributed by atoms with van der Waals surface area (Å²) in [4.78, 5) is 5.44. The molecule has 0 N–H and O–H groups in total. The average molecular weight is 260 g/mol. The number of likely N-dealkylation sites (tertiary alicyclic amines) is 1. The van der Waals surface area contributed by atoms with Crippen molar-refractivity contribution in [3.63, 3.8) is 0 Å². The summed E-state index contributed by atoms with van der Waals surface area (Å²) in [5.41, 5.74) is 0.691. The Hall–Kier alpha value is -1.30. The van der Waals surface area contributed by atoms with Gasteiger partial charge in [-0.15, -0.1) is 0 Å². The first-order chi connectivity index (χ1) is 8.52. The van der Waals surface area contributed by atoms with Crippen molar-refractivity contribution in [1.29, 1.82) is 0 Å². The lowest BCUT2D eigenvalue weighted by Gasteiger charge is -2.26. The smallest absolute Gasteiger partial charge is 0.404 e. The molecule has 2 heterocycles. The normalized spacial score (nSPS) is 21.2. The van der Waals surface area contributed by atoms with Crippen LogP contribution < -0.4 is 4.74 Å². The van der Waals surface area contributed by atoms with Crippen LogP contribution in [0.1, 0.15) is 18.4 Å². The molecule has 0 radical (unpaired) electrons. The number of alkyl halides is 3. The molecule has 6 heteroatoms. The fourth-order valence-electron chi connectivity index (χ4n) is 2.33. The molecule has 1 aromatic heterocycles. The van der Waals surface area contributed by atoms with Crippen molar-refractivity contribution in [1.82, 2.24) is 9.88 Å². The highest BCUT2D eigenvalue weighted by atomic mass is 19.4. The molecule has 1 atom stereocenters. The summed E-state index contributed by atoms with van der Waals surface area (Å²) in [6, 6.07) is 2.11. The van der Waals surface area contributed by atoms with Crippen molar-refractivity contribution in [2.75, 3.05) is 13.7 Å². The van der Waals surface area contributed by atoms with Gasteiger partial charge in [-0.2, -0.15) is 13.2 Å². The summed E-state index contributed by atoms with van der Waals surface area (Å²) >= 11 is 0. The lowest BCUT2D eigenvalue weighted by atomic mass is 10.2. The van der Waals surface area contributed by atoms with Gasteiger partial charge in [-0.05, 0) is 25.5 Å². The molecule has 0 bridgehead atoms. The molecule has 1 aliphatic heterocycles. The number of hydrogen-bond donors (Lipinski definition) is 0. The Morgan fingerprint density at radius 2 is 2.28 bits per heavy atom. The second kappa shape index (κ2) is 5.14. The van der Waals surface area contributed by atoms with E-state index in [9.17, 15) is 13.2 Å². The Morgan fingerprint density at radius 3 is 2.94 bits per heavy atom. The van der Waals surface area contributed by atoms with E-state index in [0.29, 0.717) is 24.4 Å². The van der Waals surface area contributed by atoms with Gasteiger partial charge in [0.1, 0.15) is 6.04 Å². The van der Waals surface area contributed by atoms with Gasteiger partial charge in [0.05, 0.1) is 7.11 Å². The Bertz CT molecular complexity index is 409. The molecule has 0 aromatic carbocycles. The number of aromatic nitrogens is 1. The highest BCUT2D eigenvalue weighted by Crippen LogP contribution is 2.34. The monoisotopic (exact) mass is 260 g/mol. The zero-order valence-corrected chi connectivity index (χ0v) is 10.1. The lowest BCUT2D eigenvalue weighted by Crippen LogP contribution is -2.40. The largest absolute Gasteiger partial charge is 0.481 e.